The standard InChI is InChI=1S/C19H20O4/c1-14(2)15-8-10-17(11-9-15)23-19(21)13-12-18(20)22-16-6-4-3-5-7-16/h3-11,14H,12-13H2,1-2H3. The Morgan fingerprint density at radius 2 is 1.26 bits per heavy atom. The lowest BCUT2D eigenvalue weighted by atomic mass is 10.0. The van der Waals surface area contributed by atoms with Gasteiger partial charge in [0.05, 0.1) is 12.8 Å². The summed E-state index contributed by atoms with van der Waals surface area (Å²) in [4.78, 5) is 23.4. The van der Waals surface area contributed by atoms with E-state index in [0.717, 1.165) is 0 Å². The maximum atomic E-state index is 11.8. The van der Waals surface area contributed by atoms with E-state index in [1.807, 2.05) is 18.2 Å². The van der Waals surface area contributed by atoms with Crippen molar-refractivity contribution in [2.45, 2.75) is 32.6 Å². The lowest BCUT2D eigenvalue weighted by molar-refractivity contribution is -0.140. The minimum absolute atomic E-state index is 0.0161. The zero-order valence-corrected chi connectivity index (χ0v) is 13.3. The number of carbonyl (C=O) groups excluding carboxylic acids is 2. The molecule has 0 spiro atoms. The van der Waals surface area contributed by atoms with Gasteiger partial charge in [-0.1, -0.05) is 44.2 Å². The highest BCUT2D eigenvalue weighted by atomic mass is 16.5. The Balaban J connectivity index is 1.77. The lowest BCUT2D eigenvalue weighted by Gasteiger charge is -2.08. The van der Waals surface area contributed by atoms with E-state index < -0.39 is 11.9 Å². The van der Waals surface area contributed by atoms with Crippen LogP contribution in [0, 0.1) is 0 Å². The summed E-state index contributed by atoms with van der Waals surface area (Å²) in [5.41, 5.74) is 1.18. The third kappa shape index (κ3) is 5.58. The molecule has 0 radical (unpaired) electrons. The molecule has 4 nitrogen and oxygen atoms in total. The van der Waals surface area contributed by atoms with Crippen LogP contribution in [-0.2, 0) is 9.59 Å². The molecule has 0 heterocycles. The largest absolute Gasteiger partial charge is 0.427 e. The van der Waals surface area contributed by atoms with Crippen LogP contribution < -0.4 is 9.47 Å². The Hall–Kier alpha value is -2.62. The van der Waals surface area contributed by atoms with Crippen LogP contribution in [0.4, 0.5) is 0 Å². The van der Waals surface area contributed by atoms with Crippen LogP contribution >= 0.6 is 0 Å². The van der Waals surface area contributed by atoms with Crippen molar-refractivity contribution in [2.75, 3.05) is 0 Å². The fraction of sp³-hybridized carbons (Fsp3) is 0.263. The summed E-state index contributed by atoms with van der Waals surface area (Å²) in [6, 6.07) is 16.1. The van der Waals surface area contributed by atoms with Crippen LogP contribution in [0.2, 0.25) is 0 Å². The Labute approximate surface area is 136 Å². The van der Waals surface area contributed by atoms with E-state index in [2.05, 4.69) is 13.8 Å². The van der Waals surface area contributed by atoms with Crippen LogP contribution in [0.5, 0.6) is 11.5 Å². The molecule has 0 aliphatic carbocycles. The number of rotatable bonds is 6. The average molecular weight is 312 g/mol. The van der Waals surface area contributed by atoms with Gasteiger partial charge in [0, 0.05) is 0 Å². The molecule has 2 rings (SSSR count). The van der Waals surface area contributed by atoms with E-state index in [9.17, 15) is 9.59 Å². The Morgan fingerprint density at radius 3 is 1.74 bits per heavy atom. The lowest BCUT2D eigenvalue weighted by Crippen LogP contribution is -2.14. The van der Waals surface area contributed by atoms with Crippen molar-refractivity contribution >= 4 is 11.9 Å². The number of esters is 2. The third-order valence-electron chi connectivity index (χ3n) is 3.29. The molecule has 0 aromatic heterocycles. The zero-order chi connectivity index (χ0) is 16.7. The average Bonchev–Trinajstić information content (AvgIpc) is 2.54. The quantitative estimate of drug-likeness (QED) is 0.595. The molecule has 0 unspecified atom stereocenters. The smallest absolute Gasteiger partial charge is 0.311 e. The minimum atomic E-state index is -0.455. The third-order valence-corrected chi connectivity index (χ3v) is 3.29. The summed E-state index contributed by atoms with van der Waals surface area (Å²) in [5.74, 6) is 0.467. The van der Waals surface area contributed by atoms with Gasteiger partial charge in [0.1, 0.15) is 11.5 Å². The van der Waals surface area contributed by atoms with Gasteiger partial charge in [0.25, 0.3) is 0 Å². The van der Waals surface area contributed by atoms with Crippen molar-refractivity contribution in [1.29, 1.82) is 0 Å². The molecule has 2 aromatic carbocycles. The van der Waals surface area contributed by atoms with E-state index in [1.54, 1.807) is 36.4 Å². The van der Waals surface area contributed by atoms with Gasteiger partial charge in [-0.3, -0.25) is 9.59 Å². The second kappa shape index (κ2) is 8.13. The van der Waals surface area contributed by atoms with Crippen molar-refractivity contribution in [3.8, 4) is 11.5 Å². The second-order valence-electron chi connectivity index (χ2n) is 5.48. The Kier molecular flexibility index (Phi) is 5.92. The first-order chi connectivity index (χ1) is 11.0. The molecule has 0 N–H and O–H groups in total. The maximum absolute atomic E-state index is 11.8. The number of hydrogen-bond acceptors (Lipinski definition) is 4. The highest BCUT2D eigenvalue weighted by Gasteiger charge is 2.11. The van der Waals surface area contributed by atoms with Gasteiger partial charge in [-0.25, -0.2) is 0 Å². The van der Waals surface area contributed by atoms with Gasteiger partial charge in [-0.05, 0) is 35.7 Å². The zero-order valence-electron chi connectivity index (χ0n) is 13.3. The first kappa shape index (κ1) is 16.7. The number of para-hydroxylation sites is 1. The molecule has 0 amide bonds. The molecule has 0 fully saturated rings. The van der Waals surface area contributed by atoms with E-state index in [0.29, 0.717) is 17.4 Å². The molecule has 23 heavy (non-hydrogen) atoms. The normalized spacial score (nSPS) is 10.4. The summed E-state index contributed by atoms with van der Waals surface area (Å²) in [7, 11) is 0. The van der Waals surface area contributed by atoms with Gasteiger partial charge in [0.2, 0.25) is 0 Å². The number of ether oxygens (including phenoxy) is 2. The van der Waals surface area contributed by atoms with Gasteiger partial charge in [0.15, 0.2) is 0 Å². The van der Waals surface area contributed by atoms with E-state index in [4.69, 9.17) is 9.47 Å². The SMILES string of the molecule is CC(C)c1ccc(OC(=O)CCC(=O)Oc2ccccc2)cc1. The molecule has 4 heteroatoms. The fourth-order valence-electron chi connectivity index (χ4n) is 1.98. The molecule has 120 valence electrons. The van der Waals surface area contributed by atoms with Gasteiger partial charge >= 0.3 is 11.9 Å². The van der Waals surface area contributed by atoms with Crippen LogP contribution in [0.1, 0.15) is 38.2 Å². The van der Waals surface area contributed by atoms with Crippen LogP contribution in [0.3, 0.4) is 0 Å². The number of benzene rings is 2. The van der Waals surface area contributed by atoms with Crippen LogP contribution in [-0.4, -0.2) is 11.9 Å². The monoisotopic (exact) mass is 312 g/mol. The molecule has 2 aromatic rings. The van der Waals surface area contributed by atoms with Gasteiger partial charge in [-0.15, -0.1) is 0 Å². The van der Waals surface area contributed by atoms with Crippen molar-refractivity contribution in [3.05, 3.63) is 60.2 Å². The van der Waals surface area contributed by atoms with Gasteiger partial charge in [-0.2, -0.15) is 0 Å². The minimum Gasteiger partial charge on any atom is -0.427 e. The van der Waals surface area contributed by atoms with Crippen molar-refractivity contribution < 1.29 is 19.1 Å². The highest BCUT2D eigenvalue weighted by molar-refractivity contribution is 5.80. The summed E-state index contributed by atoms with van der Waals surface area (Å²) in [6.45, 7) is 4.19. The van der Waals surface area contributed by atoms with Crippen molar-refractivity contribution in [2.24, 2.45) is 0 Å². The van der Waals surface area contributed by atoms with Crippen molar-refractivity contribution in [3.63, 3.8) is 0 Å². The topological polar surface area (TPSA) is 52.6 Å². The van der Waals surface area contributed by atoms with Gasteiger partial charge < -0.3 is 9.47 Å². The number of carbonyl (C=O) groups is 2. The molecular formula is C19H20O4. The molecule has 0 aliphatic heterocycles. The fourth-order valence-corrected chi connectivity index (χ4v) is 1.98. The predicted molar refractivity (Wildman–Crippen MR) is 87.5 cm³/mol. The molecule has 0 bridgehead atoms. The van der Waals surface area contributed by atoms with Crippen LogP contribution in [0.15, 0.2) is 54.6 Å². The predicted octanol–water partition coefficient (Wildman–Crippen LogP) is 4.10. The molecular weight excluding hydrogens is 292 g/mol. The van der Waals surface area contributed by atoms with E-state index in [1.165, 1.54) is 5.56 Å². The van der Waals surface area contributed by atoms with E-state index in [-0.39, 0.29) is 12.8 Å². The number of hydrogen-bond donors (Lipinski definition) is 0. The maximum Gasteiger partial charge on any atom is 0.311 e. The first-order valence-electron chi connectivity index (χ1n) is 7.61. The Bertz CT molecular complexity index is 645. The molecule has 0 atom stereocenters. The molecule has 0 saturated heterocycles. The van der Waals surface area contributed by atoms with E-state index >= 15 is 0 Å². The summed E-state index contributed by atoms with van der Waals surface area (Å²) in [6.07, 6.45) is -0.0323. The first-order valence-corrected chi connectivity index (χ1v) is 7.61. The summed E-state index contributed by atoms with van der Waals surface area (Å²) >= 11 is 0. The second-order valence-corrected chi connectivity index (χ2v) is 5.48. The molecule has 0 aliphatic rings. The summed E-state index contributed by atoms with van der Waals surface area (Å²) in [5, 5.41) is 0. The van der Waals surface area contributed by atoms with Crippen LogP contribution in [0.25, 0.3) is 0 Å². The van der Waals surface area contributed by atoms with Crippen molar-refractivity contribution in [1.82, 2.24) is 0 Å². The highest BCUT2D eigenvalue weighted by Crippen LogP contribution is 2.19. The Morgan fingerprint density at radius 1 is 0.783 bits per heavy atom. The summed E-state index contributed by atoms with van der Waals surface area (Å²) < 4.78 is 10.3. The molecule has 0 saturated carbocycles.